The van der Waals surface area contributed by atoms with Crippen LogP contribution < -0.4 is 0 Å². The molecule has 0 amide bonds. The Morgan fingerprint density at radius 1 is 1.40 bits per heavy atom. The maximum absolute atomic E-state index is 12.9. The Hall–Kier alpha value is -1.42. The minimum atomic E-state index is -0.246. The molecule has 5 heteroatoms. The maximum Gasteiger partial charge on any atom is 0.165 e. The lowest BCUT2D eigenvalue weighted by Crippen LogP contribution is -1.91. The lowest BCUT2D eigenvalue weighted by Gasteiger charge is -1.97. The summed E-state index contributed by atoms with van der Waals surface area (Å²) in [6.45, 7) is 0. The van der Waals surface area contributed by atoms with E-state index in [-0.39, 0.29) is 11.7 Å². The van der Waals surface area contributed by atoms with Gasteiger partial charge < -0.3 is 0 Å². The summed E-state index contributed by atoms with van der Waals surface area (Å²) in [5.74, 6) is 1.28. The van der Waals surface area contributed by atoms with Crippen LogP contribution in [0.2, 0.25) is 0 Å². The van der Waals surface area contributed by atoms with Crippen LogP contribution in [0.5, 0.6) is 0 Å². The molecule has 0 fully saturated rings. The number of hydrogen-bond acceptors (Lipinski definition) is 2. The molecule has 3 nitrogen and oxygen atoms in total. The molecule has 1 N–H and O–H groups in total. The van der Waals surface area contributed by atoms with Crippen molar-refractivity contribution in [3.63, 3.8) is 0 Å². The van der Waals surface area contributed by atoms with E-state index < -0.39 is 0 Å². The Bertz CT molecular complexity index is 455. The zero-order valence-electron chi connectivity index (χ0n) is 7.87. The van der Waals surface area contributed by atoms with Crippen LogP contribution in [-0.4, -0.2) is 15.2 Å². The highest BCUT2D eigenvalue weighted by molar-refractivity contribution is 6.16. The zero-order valence-corrected chi connectivity index (χ0v) is 8.63. The number of aromatic amines is 1. The second-order valence-corrected chi connectivity index (χ2v) is 3.41. The summed E-state index contributed by atoms with van der Waals surface area (Å²) in [7, 11) is 0. The monoisotopic (exact) mass is 225 g/mol. The lowest BCUT2D eigenvalue weighted by molar-refractivity contribution is 0.626. The molecule has 1 aromatic carbocycles. The number of hydrogen-bond donors (Lipinski definition) is 1. The van der Waals surface area contributed by atoms with Crippen molar-refractivity contribution in [2.45, 2.75) is 12.3 Å². The highest BCUT2D eigenvalue weighted by Gasteiger charge is 2.03. The van der Waals surface area contributed by atoms with Crippen molar-refractivity contribution in [2.24, 2.45) is 0 Å². The van der Waals surface area contributed by atoms with Gasteiger partial charge in [-0.3, -0.25) is 5.10 Å². The van der Waals surface area contributed by atoms with Gasteiger partial charge in [0, 0.05) is 6.42 Å². The summed E-state index contributed by atoms with van der Waals surface area (Å²) in [6.07, 6.45) is 0.529. The molecule has 2 aromatic rings. The summed E-state index contributed by atoms with van der Waals surface area (Å²) in [6, 6.07) is 6.40. The smallest absolute Gasteiger partial charge is 0.165 e. The van der Waals surface area contributed by atoms with Crippen LogP contribution in [0.25, 0.3) is 0 Å². The van der Waals surface area contributed by atoms with E-state index in [1.54, 1.807) is 6.07 Å². The maximum atomic E-state index is 12.9. The van der Waals surface area contributed by atoms with E-state index in [9.17, 15) is 4.39 Å². The van der Waals surface area contributed by atoms with E-state index in [1.807, 2.05) is 6.07 Å². The number of aromatic nitrogens is 3. The van der Waals surface area contributed by atoms with E-state index in [0.29, 0.717) is 18.1 Å². The molecule has 0 atom stereocenters. The third-order valence-corrected chi connectivity index (χ3v) is 2.20. The van der Waals surface area contributed by atoms with Gasteiger partial charge in [0.1, 0.15) is 11.6 Å². The first kappa shape index (κ1) is 10.1. The SMILES string of the molecule is Fc1cccc(Cc2nc(CCl)n[nH]2)c1. The Kier molecular flexibility index (Phi) is 2.97. The van der Waals surface area contributed by atoms with E-state index in [2.05, 4.69) is 15.2 Å². The minimum Gasteiger partial charge on any atom is -0.263 e. The van der Waals surface area contributed by atoms with Gasteiger partial charge in [0.05, 0.1) is 5.88 Å². The highest BCUT2D eigenvalue weighted by atomic mass is 35.5. The molecular formula is C10H9ClFN3. The van der Waals surface area contributed by atoms with E-state index in [1.165, 1.54) is 12.1 Å². The molecule has 78 valence electrons. The topological polar surface area (TPSA) is 41.6 Å². The Morgan fingerprint density at radius 2 is 2.27 bits per heavy atom. The predicted molar refractivity (Wildman–Crippen MR) is 55.1 cm³/mol. The third-order valence-electron chi connectivity index (χ3n) is 1.96. The van der Waals surface area contributed by atoms with Gasteiger partial charge in [-0.2, -0.15) is 5.10 Å². The van der Waals surface area contributed by atoms with Crippen molar-refractivity contribution < 1.29 is 4.39 Å². The largest absolute Gasteiger partial charge is 0.263 e. The molecule has 0 saturated carbocycles. The summed E-state index contributed by atoms with van der Waals surface area (Å²) >= 11 is 5.56. The summed E-state index contributed by atoms with van der Waals surface area (Å²) < 4.78 is 12.9. The molecule has 1 heterocycles. The first-order valence-electron chi connectivity index (χ1n) is 4.48. The normalized spacial score (nSPS) is 10.5. The molecule has 0 spiro atoms. The van der Waals surface area contributed by atoms with Gasteiger partial charge in [0.2, 0.25) is 0 Å². The molecule has 2 rings (SSSR count). The average molecular weight is 226 g/mol. The molecule has 0 saturated heterocycles. The fraction of sp³-hybridized carbons (Fsp3) is 0.200. The average Bonchev–Trinajstić information content (AvgIpc) is 2.65. The van der Waals surface area contributed by atoms with E-state index in [0.717, 1.165) is 5.56 Å². The fourth-order valence-electron chi connectivity index (χ4n) is 1.31. The van der Waals surface area contributed by atoms with Gasteiger partial charge in [-0.1, -0.05) is 12.1 Å². The van der Waals surface area contributed by atoms with Crippen molar-refractivity contribution in [2.75, 3.05) is 0 Å². The minimum absolute atomic E-state index is 0.246. The molecule has 0 aliphatic rings. The Labute approximate surface area is 91.3 Å². The van der Waals surface area contributed by atoms with Gasteiger partial charge in [-0.05, 0) is 17.7 Å². The Morgan fingerprint density at radius 3 is 2.93 bits per heavy atom. The van der Waals surface area contributed by atoms with Crippen LogP contribution in [0.4, 0.5) is 4.39 Å². The van der Waals surface area contributed by atoms with Gasteiger partial charge >= 0.3 is 0 Å². The number of halogens is 2. The van der Waals surface area contributed by atoms with E-state index in [4.69, 9.17) is 11.6 Å². The molecule has 1 aromatic heterocycles. The molecule has 0 aliphatic heterocycles. The van der Waals surface area contributed by atoms with Gasteiger partial charge in [-0.15, -0.1) is 11.6 Å². The van der Waals surface area contributed by atoms with Crippen LogP contribution in [0.3, 0.4) is 0 Å². The molecule has 0 bridgehead atoms. The van der Waals surface area contributed by atoms with Crippen molar-refractivity contribution in [3.8, 4) is 0 Å². The highest BCUT2D eigenvalue weighted by Crippen LogP contribution is 2.08. The van der Waals surface area contributed by atoms with Crippen molar-refractivity contribution in [1.29, 1.82) is 0 Å². The fourth-order valence-corrected chi connectivity index (χ4v) is 1.43. The number of H-pyrrole nitrogens is 1. The molecular weight excluding hydrogens is 217 g/mol. The van der Waals surface area contributed by atoms with Crippen molar-refractivity contribution in [1.82, 2.24) is 15.2 Å². The third kappa shape index (κ3) is 2.53. The number of rotatable bonds is 3. The molecule has 15 heavy (non-hydrogen) atoms. The number of alkyl halides is 1. The first-order valence-corrected chi connectivity index (χ1v) is 5.02. The molecule has 0 radical (unpaired) electrons. The quantitative estimate of drug-likeness (QED) is 0.815. The summed E-state index contributed by atoms with van der Waals surface area (Å²) in [5.41, 5.74) is 0.854. The second kappa shape index (κ2) is 4.40. The van der Waals surface area contributed by atoms with Gasteiger partial charge in [0.15, 0.2) is 5.82 Å². The number of nitrogens with one attached hydrogen (secondary N) is 1. The second-order valence-electron chi connectivity index (χ2n) is 3.14. The van der Waals surface area contributed by atoms with Crippen LogP contribution >= 0.6 is 11.6 Å². The Balaban J connectivity index is 2.14. The van der Waals surface area contributed by atoms with E-state index >= 15 is 0 Å². The lowest BCUT2D eigenvalue weighted by atomic mass is 10.1. The first-order chi connectivity index (χ1) is 7.28. The van der Waals surface area contributed by atoms with Crippen molar-refractivity contribution in [3.05, 3.63) is 47.3 Å². The molecule has 0 unspecified atom stereocenters. The zero-order chi connectivity index (χ0) is 10.7. The van der Waals surface area contributed by atoms with Crippen LogP contribution in [0.15, 0.2) is 24.3 Å². The number of nitrogens with zero attached hydrogens (tertiary/aromatic N) is 2. The van der Waals surface area contributed by atoms with Crippen LogP contribution in [-0.2, 0) is 12.3 Å². The van der Waals surface area contributed by atoms with Crippen molar-refractivity contribution >= 4 is 11.6 Å². The summed E-state index contributed by atoms with van der Waals surface area (Å²) in [5, 5.41) is 6.65. The van der Waals surface area contributed by atoms with Crippen LogP contribution in [0, 0.1) is 5.82 Å². The van der Waals surface area contributed by atoms with Gasteiger partial charge in [0.25, 0.3) is 0 Å². The standard InChI is InChI=1S/C10H9ClFN3/c11-6-10-13-9(14-15-10)5-7-2-1-3-8(12)4-7/h1-4H,5-6H2,(H,13,14,15). The predicted octanol–water partition coefficient (Wildman–Crippen LogP) is 2.27. The summed E-state index contributed by atoms with van der Waals surface area (Å²) in [4.78, 5) is 4.13. The number of benzene rings is 1. The van der Waals surface area contributed by atoms with Gasteiger partial charge in [-0.25, -0.2) is 9.37 Å². The van der Waals surface area contributed by atoms with Crippen LogP contribution in [0.1, 0.15) is 17.2 Å². The molecule has 0 aliphatic carbocycles.